The summed E-state index contributed by atoms with van der Waals surface area (Å²) in [6.07, 6.45) is 3.22. The molecule has 0 heterocycles. The summed E-state index contributed by atoms with van der Waals surface area (Å²) >= 11 is 3.17. The second-order valence-corrected chi connectivity index (χ2v) is 4.88. The fraction of sp³-hybridized carbons (Fsp3) is 0.917. The molecule has 0 rings (SSSR count). The number of amides is 1. The highest BCUT2D eigenvalue weighted by Crippen LogP contribution is 2.08. The van der Waals surface area contributed by atoms with Gasteiger partial charge in [0.15, 0.2) is 0 Å². The first-order chi connectivity index (χ1) is 8.11. The maximum atomic E-state index is 12.2. The number of unbranched alkanes of at least 4 members (excludes halogenated alkanes) is 4. The Bertz CT molecular complexity index is 203. The Balaban J connectivity index is 3.80. The van der Waals surface area contributed by atoms with Gasteiger partial charge in [-0.25, -0.2) is 8.78 Å². The predicted molar refractivity (Wildman–Crippen MR) is 69.8 cm³/mol. The zero-order valence-corrected chi connectivity index (χ0v) is 12.0. The highest BCUT2D eigenvalue weighted by Gasteiger charge is 2.16. The normalized spacial score (nSPS) is 10.9. The van der Waals surface area contributed by atoms with Crippen molar-refractivity contribution in [2.24, 2.45) is 0 Å². The molecule has 0 saturated carbocycles. The Labute approximate surface area is 111 Å². The van der Waals surface area contributed by atoms with E-state index in [9.17, 15) is 13.6 Å². The Morgan fingerprint density at radius 2 is 1.88 bits per heavy atom. The Morgan fingerprint density at radius 1 is 1.24 bits per heavy atom. The number of alkyl halides is 3. The lowest BCUT2D eigenvalue weighted by Gasteiger charge is -2.21. The van der Waals surface area contributed by atoms with Gasteiger partial charge in [0, 0.05) is 18.3 Å². The van der Waals surface area contributed by atoms with Gasteiger partial charge in [-0.05, 0) is 6.42 Å². The van der Waals surface area contributed by atoms with Crippen molar-refractivity contribution in [2.75, 3.05) is 18.4 Å². The lowest BCUT2D eigenvalue weighted by Crippen LogP contribution is -2.36. The molecule has 5 heteroatoms. The second-order valence-electron chi connectivity index (χ2n) is 4.08. The van der Waals surface area contributed by atoms with Crippen LogP contribution >= 0.6 is 15.9 Å². The van der Waals surface area contributed by atoms with Crippen LogP contribution in [0.1, 0.15) is 45.4 Å². The molecule has 2 nitrogen and oxygen atoms in total. The molecule has 0 aliphatic heterocycles. The van der Waals surface area contributed by atoms with Gasteiger partial charge in [0.05, 0.1) is 6.54 Å². The summed E-state index contributed by atoms with van der Waals surface area (Å²) in [5.41, 5.74) is 0. The van der Waals surface area contributed by atoms with Gasteiger partial charge in [0.25, 0.3) is 6.43 Å². The molecule has 0 bridgehead atoms. The summed E-state index contributed by atoms with van der Waals surface area (Å²) in [5.74, 6) is -0.152. The van der Waals surface area contributed by atoms with Crippen LogP contribution < -0.4 is 0 Å². The maximum Gasteiger partial charge on any atom is 0.255 e. The van der Waals surface area contributed by atoms with Crippen LogP contribution in [0, 0.1) is 0 Å². The Morgan fingerprint density at radius 3 is 2.41 bits per heavy atom. The number of halogens is 3. The molecule has 0 aliphatic rings. The number of hydrogen-bond acceptors (Lipinski definition) is 1. The SMILES string of the molecule is CCCCCCCC(=O)N(CCBr)CC(F)F. The first-order valence-electron chi connectivity index (χ1n) is 6.23. The number of nitrogens with zero attached hydrogens (tertiary/aromatic N) is 1. The summed E-state index contributed by atoms with van der Waals surface area (Å²) < 4.78 is 24.5. The van der Waals surface area contributed by atoms with Gasteiger partial charge < -0.3 is 4.90 Å². The molecule has 0 unspecified atom stereocenters. The van der Waals surface area contributed by atoms with Crippen molar-refractivity contribution in [2.45, 2.75) is 51.9 Å². The van der Waals surface area contributed by atoms with Gasteiger partial charge >= 0.3 is 0 Å². The van der Waals surface area contributed by atoms with Gasteiger partial charge in [-0.2, -0.15) is 0 Å². The Kier molecular flexibility index (Phi) is 10.8. The first-order valence-corrected chi connectivity index (χ1v) is 7.35. The highest BCUT2D eigenvalue weighted by atomic mass is 79.9. The van der Waals surface area contributed by atoms with E-state index >= 15 is 0 Å². The summed E-state index contributed by atoms with van der Waals surface area (Å²) in [6, 6.07) is 0. The molecule has 0 aromatic heterocycles. The van der Waals surface area contributed by atoms with Crippen LogP contribution in [0.3, 0.4) is 0 Å². The minimum absolute atomic E-state index is 0.152. The van der Waals surface area contributed by atoms with Crippen molar-refractivity contribution in [3.05, 3.63) is 0 Å². The number of carbonyl (C=O) groups excluding carboxylic acids is 1. The maximum absolute atomic E-state index is 12.2. The third-order valence-electron chi connectivity index (χ3n) is 2.56. The highest BCUT2D eigenvalue weighted by molar-refractivity contribution is 9.09. The van der Waals surface area contributed by atoms with Crippen LogP contribution in [-0.2, 0) is 4.79 Å². The van der Waals surface area contributed by atoms with Crippen molar-refractivity contribution in [1.82, 2.24) is 4.90 Å². The van der Waals surface area contributed by atoms with Crippen LogP contribution in [0.15, 0.2) is 0 Å². The summed E-state index contributed by atoms with van der Waals surface area (Å²) in [7, 11) is 0. The molecule has 0 aliphatic carbocycles. The molecule has 102 valence electrons. The zero-order chi connectivity index (χ0) is 13.1. The van der Waals surface area contributed by atoms with E-state index in [2.05, 4.69) is 22.9 Å². The van der Waals surface area contributed by atoms with Crippen LogP contribution in [0.2, 0.25) is 0 Å². The quantitative estimate of drug-likeness (QED) is 0.443. The van der Waals surface area contributed by atoms with E-state index in [4.69, 9.17) is 0 Å². The van der Waals surface area contributed by atoms with Crippen molar-refractivity contribution in [3.63, 3.8) is 0 Å². The molecule has 17 heavy (non-hydrogen) atoms. The second kappa shape index (κ2) is 10.9. The van der Waals surface area contributed by atoms with E-state index in [0.29, 0.717) is 18.3 Å². The van der Waals surface area contributed by atoms with Gasteiger partial charge in [-0.15, -0.1) is 0 Å². The molecule has 0 N–H and O–H groups in total. The lowest BCUT2D eigenvalue weighted by molar-refractivity contribution is -0.132. The summed E-state index contributed by atoms with van der Waals surface area (Å²) in [5, 5.41) is 0.543. The standard InChI is InChI=1S/C12H22BrF2NO/c1-2-3-4-5-6-7-12(17)16(9-8-13)10-11(14)15/h11H,2-10H2,1H3. The van der Waals surface area contributed by atoms with E-state index in [0.717, 1.165) is 25.7 Å². The third-order valence-corrected chi connectivity index (χ3v) is 2.91. The molecule has 0 atom stereocenters. The van der Waals surface area contributed by atoms with Gasteiger partial charge in [-0.3, -0.25) is 4.79 Å². The molecule has 0 radical (unpaired) electrons. The van der Waals surface area contributed by atoms with Crippen LogP contribution in [-0.4, -0.2) is 35.7 Å². The fourth-order valence-electron chi connectivity index (χ4n) is 1.62. The zero-order valence-electron chi connectivity index (χ0n) is 10.4. The molecular formula is C12H22BrF2NO. The van der Waals surface area contributed by atoms with E-state index in [-0.39, 0.29) is 5.91 Å². The number of rotatable bonds is 10. The molecule has 1 amide bonds. The third kappa shape index (κ3) is 9.51. The van der Waals surface area contributed by atoms with Crippen LogP contribution in [0.4, 0.5) is 8.78 Å². The molecule has 0 aromatic rings. The van der Waals surface area contributed by atoms with E-state index in [1.165, 1.54) is 11.3 Å². The average Bonchev–Trinajstić information content (AvgIpc) is 2.27. The van der Waals surface area contributed by atoms with Crippen molar-refractivity contribution < 1.29 is 13.6 Å². The summed E-state index contributed by atoms with van der Waals surface area (Å²) in [4.78, 5) is 12.9. The average molecular weight is 314 g/mol. The minimum Gasteiger partial charge on any atom is -0.336 e. The predicted octanol–water partition coefficient (Wildman–Crippen LogP) is 3.84. The van der Waals surface area contributed by atoms with Crippen LogP contribution in [0.5, 0.6) is 0 Å². The molecule has 0 spiro atoms. The largest absolute Gasteiger partial charge is 0.336 e. The topological polar surface area (TPSA) is 20.3 Å². The van der Waals surface area contributed by atoms with Gasteiger partial charge in [0.1, 0.15) is 0 Å². The molecular weight excluding hydrogens is 292 g/mol. The van der Waals surface area contributed by atoms with E-state index in [1.807, 2.05) is 0 Å². The van der Waals surface area contributed by atoms with Crippen molar-refractivity contribution >= 4 is 21.8 Å². The summed E-state index contributed by atoms with van der Waals surface area (Å²) in [6.45, 7) is 2.04. The monoisotopic (exact) mass is 313 g/mol. The van der Waals surface area contributed by atoms with E-state index in [1.54, 1.807) is 0 Å². The molecule has 0 saturated heterocycles. The number of hydrogen-bond donors (Lipinski definition) is 0. The van der Waals surface area contributed by atoms with E-state index < -0.39 is 13.0 Å². The van der Waals surface area contributed by atoms with Crippen molar-refractivity contribution in [1.29, 1.82) is 0 Å². The molecule has 0 aromatic carbocycles. The Hall–Kier alpha value is -0.190. The fourth-order valence-corrected chi connectivity index (χ4v) is 2.05. The minimum atomic E-state index is -2.45. The lowest BCUT2D eigenvalue weighted by atomic mass is 10.1. The first kappa shape index (κ1) is 16.8. The van der Waals surface area contributed by atoms with Gasteiger partial charge in [0.2, 0.25) is 5.91 Å². The smallest absolute Gasteiger partial charge is 0.255 e. The van der Waals surface area contributed by atoms with Gasteiger partial charge in [-0.1, -0.05) is 48.5 Å². The van der Waals surface area contributed by atoms with Crippen molar-refractivity contribution in [3.8, 4) is 0 Å². The van der Waals surface area contributed by atoms with Crippen LogP contribution in [0.25, 0.3) is 0 Å². The molecule has 0 fully saturated rings. The number of carbonyl (C=O) groups is 1.